The first-order chi connectivity index (χ1) is 18.5. The number of carbonyl (C=O) groups excluding carboxylic acids is 1. The zero-order valence-corrected chi connectivity index (χ0v) is 20.9. The van der Waals surface area contributed by atoms with Crippen molar-refractivity contribution in [2.75, 3.05) is 5.32 Å². The topological polar surface area (TPSA) is 99.4 Å². The molecule has 188 valence electrons. The van der Waals surface area contributed by atoms with Crippen molar-refractivity contribution in [2.45, 2.75) is 20.3 Å². The number of hydrogen-bond acceptors (Lipinski definition) is 4. The van der Waals surface area contributed by atoms with Crippen LogP contribution < -0.4 is 5.32 Å². The van der Waals surface area contributed by atoms with E-state index in [1.54, 1.807) is 30.7 Å². The molecule has 1 amide bonds. The standard InChI is InChI=1S/C30H25FN6O/c1-17(2)10-29(38)34-19-11-18(14-32-15-19)26-13-23-28(16-33-26)36-37-30(23)27-12-22-20(7-5-9-25(22)35-27)21-6-3-4-8-24(21)31/h3-9,11-17,35H,10H2,1-2H3,(H,34,38)(H,36,37). The van der Waals surface area contributed by atoms with E-state index in [2.05, 4.69) is 30.5 Å². The molecule has 0 bridgehead atoms. The molecule has 4 heterocycles. The third-order valence-corrected chi connectivity index (χ3v) is 6.44. The number of anilines is 1. The molecule has 7 nitrogen and oxygen atoms in total. The summed E-state index contributed by atoms with van der Waals surface area (Å²) < 4.78 is 14.6. The van der Waals surface area contributed by atoms with Crippen LogP contribution in [0.5, 0.6) is 0 Å². The zero-order chi connectivity index (χ0) is 26.2. The lowest BCUT2D eigenvalue weighted by Crippen LogP contribution is -2.13. The van der Waals surface area contributed by atoms with Crippen molar-refractivity contribution < 1.29 is 9.18 Å². The van der Waals surface area contributed by atoms with Crippen LogP contribution >= 0.6 is 0 Å². The summed E-state index contributed by atoms with van der Waals surface area (Å²) in [5.41, 5.74) is 6.68. The predicted molar refractivity (Wildman–Crippen MR) is 148 cm³/mol. The number of hydrogen-bond donors (Lipinski definition) is 3. The second-order valence-corrected chi connectivity index (χ2v) is 9.73. The Hall–Kier alpha value is -4.85. The Balaban J connectivity index is 1.39. The van der Waals surface area contributed by atoms with E-state index in [9.17, 15) is 9.18 Å². The van der Waals surface area contributed by atoms with Crippen LogP contribution in [0.4, 0.5) is 10.1 Å². The number of pyridine rings is 2. The van der Waals surface area contributed by atoms with Gasteiger partial charge in [-0.15, -0.1) is 0 Å². The lowest BCUT2D eigenvalue weighted by Gasteiger charge is -2.08. The fourth-order valence-corrected chi connectivity index (χ4v) is 4.71. The minimum Gasteiger partial charge on any atom is -0.353 e. The Morgan fingerprint density at radius 2 is 1.79 bits per heavy atom. The van der Waals surface area contributed by atoms with E-state index in [-0.39, 0.29) is 17.6 Å². The molecule has 0 aliphatic carbocycles. The van der Waals surface area contributed by atoms with Crippen molar-refractivity contribution in [3.63, 3.8) is 0 Å². The minimum atomic E-state index is -0.264. The molecule has 0 fully saturated rings. The van der Waals surface area contributed by atoms with E-state index in [1.807, 2.05) is 56.3 Å². The molecule has 2 aromatic carbocycles. The monoisotopic (exact) mass is 504 g/mol. The van der Waals surface area contributed by atoms with E-state index >= 15 is 0 Å². The molecular weight excluding hydrogens is 479 g/mol. The van der Waals surface area contributed by atoms with Crippen molar-refractivity contribution in [1.29, 1.82) is 0 Å². The molecule has 38 heavy (non-hydrogen) atoms. The largest absolute Gasteiger partial charge is 0.353 e. The van der Waals surface area contributed by atoms with Gasteiger partial charge in [0.05, 0.1) is 35.0 Å². The van der Waals surface area contributed by atoms with Crippen LogP contribution in [0, 0.1) is 11.7 Å². The molecule has 6 rings (SSSR count). The molecule has 0 atom stereocenters. The van der Waals surface area contributed by atoms with Crippen LogP contribution in [0.25, 0.3) is 55.6 Å². The van der Waals surface area contributed by atoms with Gasteiger partial charge in [-0.1, -0.05) is 44.2 Å². The summed E-state index contributed by atoms with van der Waals surface area (Å²) in [5, 5.41) is 12.3. The summed E-state index contributed by atoms with van der Waals surface area (Å²) >= 11 is 0. The molecular formula is C30H25FN6O. The van der Waals surface area contributed by atoms with E-state index in [4.69, 9.17) is 0 Å². The lowest BCUT2D eigenvalue weighted by molar-refractivity contribution is -0.116. The second kappa shape index (κ2) is 9.55. The van der Waals surface area contributed by atoms with Crippen LogP contribution in [-0.2, 0) is 4.79 Å². The lowest BCUT2D eigenvalue weighted by atomic mass is 10.0. The summed E-state index contributed by atoms with van der Waals surface area (Å²) in [4.78, 5) is 24.6. The number of rotatable bonds is 6. The van der Waals surface area contributed by atoms with Gasteiger partial charge in [0.1, 0.15) is 11.5 Å². The smallest absolute Gasteiger partial charge is 0.224 e. The zero-order valence-electron chi connectivity index (χ0n) is 20.9. The first-order valence-electron chi connectivity index (χ1n) is 12.4. The van der Waals surface area contributed by atoms with Crippen molar-refractivity contribution in [3.05, 3.63) is 85.1 Å². The molecule has 8 heteroatoms. The van der Waals surface area contributed by atoms with Gasteiger partial charge in [0.15, 0.2) is 0 Å². The number of aromatic amines is 2. The molecule has 0 unspecified atom stereocenters. The van der Waals surface area contributed by atoms with Gasteiger partial charge in [-0.05, 0) is 41.8 Å². The van der Waals surface area contributed by atoms with Gasteiger partial charge < -0.3 is 10.3 Å². The summed E-state index contributed by atoms with van der Waals surface area (Å²) in [5.74, 6) is -0.0462. The van der Waals surface area contributed by atoms with Crippen molar-refractivity contribution in [2.24, 2.45) is 5.92 Å². The van der Waals surface area contributed by atoms with Gasteiger partial charge in [-0.2, -0.15) is 5.10 Å². The third kappa shape index (κ3) is 4.41. The molecule has 0 radical (unpaired) electrons. The average molecular weight is 505 g/mol. The molecule has 4 aromatic heterocycles. The highest BCUT2D eigenvalue weighted by molar-refractivity contribution is 6.01. The first-order valence-corrected chi connectivity index (χ1v) is 12.4. The first kappa shape index (κ1) is 23.5. The van der Waals surface area contributed by atoms with Crippen molar-refractivity contribution >= 4 is 33.4 Å². The molecule has 0 saturated carbocycles. The summed E-state index contributed by atoms with van der Waals surface area (Å²) in [6.45, 7) is 4.01. The highest BCUT2D eigenvalue weighted by Gasteiger charge is 2.16. The highest BCUT2D eigenvalue weighted by Crippen LogP contribution is 2.35. The quantitative estimate of drug-likeness (QED) is 0.228. The Labute approximate surface area is 218 Å². The molecule has 0 spiro atoms. The van der Waals surface area contributed by atoms with Crippen LogP contribution in [0.1, 0.15) is 20.3 Å². The predicted octanol–water partition coefficient (Wildman–Crippen LogP) is 6.96. The van der Waals surface area contributed by atoms with Crippen LogP contribution in [0.2, 0.25) is 0 Å². The summed E-state index contributed by atoms with van der Waals surface area (Å²) in [6, 6.07) is 18.4. The molecule has 6 aromatic rings. The highest BCUT2D eigenvalue weighted by atomic mass is 19.1. The Kier molecular flexibility index (Phi) is 5.92. The maximum Gasteiger partial charge on any atom is 0.224 e. The van der Waals surface area contributed by atoms with Gasteiger partial charge in [0.2, 0.25) is 5.91 Å². The number of nitrogens with one attached hydrogen (secondary N) is 3. The van der Waals surface area contributed by atoms with Crippen LogP contribution in [0.15, 0.2) is 79.3 Å². The Morgan fingerprint density at radius 3 is 2.63 bits per heavy atom. The fraction of sp³-hybridized carbons (Fsp3) is 0.133. The number of nitrogens with zero attached hydrogens (tertiary/aromatic N) is 3. The van der Waals surface area contributed by atoms with E-state index in [1.165, 1.54) is 6.07 Å². The fourth-order valence-electron chi connectivity index (χ4n) is 4.71. The maximum atomic E-state index is 14.6. The van der Waals surface area contributed by atoms with Gasteiger partial charge >= 0.3 is 0 Å². The SMILES string of the molecule is CC(C)CC(=O)Nc1cncc(-c2cc3c(-c4cc5c(-c6ccccc6F)cccc5[nH]4)n[nH]c3cn2)c1. The normalized spacial score (nSPS) is 11.5. The number of amides is 1. The van der Waals surface area contributed by atoms with Gasteiger partial charge in [-0.25, -0.2) is 4.39 Å². The number of H-pyrrole nitrogens is 2. The van der Waals surface area contributed by atoms with Gasteiger partial charge in [0, 0.05) is 40.0 Å². The summed E-state index contributed by atoms with van der Waals surface area (Å²) in [7, 11) is 0. The van der Waals surface area contributed by atoms with E-state index in [0.717, 1.165) is 44.3 Å². The van der Waals surface area contributed by atoms with Crippen LogP contribution in [0.3, 0.4) is 0 Å². The van der Waals surface area contributed by atoms with E-state index < -0.39 is 0 Å². The molecule has 0 aliphatic rings. The van der Waals surface area contributed by atoms with Gasteiger partial charge in [0.25, 0.3) is 0 Å². The average Bonchev–Trinajstić information content (AvgIpc) is 3.52. The Bertz CT molecular complexity index is 1800. The van der Waals surface area contributed by atoms with Crippen molar-refractivity contribution in [1.82, 2.24) is 25.1 Å². The molecule has 0 saturated heterocycles. The number of halogens is 1. The number of fused-ring (bicyclic) bond motifs is 2. The summed E-state index contributed by atoms with van der Waals surface area (Å²) in [6.07, 6.45) is 5.52. The second-order valence-electron chi connectivity index (χ2n) is 9.73. The number of aromatic nitrogens is 5. The van der Waals surface area contributed by atoms with Crippen molar-refractivity contribution in [3.8, 4) is 33.8 Å². The number of carbonyl (C=O) groups is 1. The van der Waals surface area contributed by atoms with E-state index in [0.29, 0.717) is 23.4 Å². The van der Waals surface area contributed by atoms with Gasteiger partial charge in [-0.3, -0.25) is 19.9 Å². The maximum absolute atomic E-state index is 14.6. The minimum absolute atomic E-state index is 0.0481. The molecule has 0 aliphatic heterocycles. The Morgan fingerprint density at radius 1 is 0.947 bits per heavy atom. The third-order valence-electron chi connectivity index (χ3n) is 6.44. The molecule has 3 N–H and O–H groups in total. The number of benzene rings is 2. The van der Waals surface area contributed by atoms with Crippen LogP contribution in [-0.4, -0.2) is 31.1 Å².